The van der Waals surface area contributed by atoms with Crippen molar-refractivity contribution in [2.75, 3.05) is 12.4 Å². The van der Waals surface area contributed by atoms with Gasteiger partial charge in [-0.05, 0) is 24.1 Å². The average Bonchev–Trinajstić information content (AvgIpc) is 2.46. The molecule has 5 nitrogen and oxygen atoms in total. The summed E-state index contributed by atoms with van der Waals surface area (Å²) in [4.78, 5) is 19.6. The molecule has 1 heterocycles. The molecule has 100 valence electrons. The van der Waals surface area contributed by atoms with Crippen LogP contribution in [0.15, 0.2) is 41.3 Å². The van der Waals surface area contributed by atoms with Crippen molar-refractivity contribution < 1.29 is 9.53 Å². The molecule has 0 aliphatic carbocycles. The lowest BCUT2D eigenvalue weighted by atomic mass is 10.3. The molecule has 0 saturated carbocycles. The first kappa shape index (κ1) is 14.0. The van der Waals surface area contributed by atoms with E-state index in [1.807, 2.05) is 6.07 Å². The Hall–Kier alpha value is -2.39. The second kappa shape index (κ2) is 6.68. The minimum absolute atomic E-state index is 0.434. The molecule has 0 spiro atoms. The molecule has 2 rings (SSSR count). The summed E-state index contributed by atoms with van der Waals surface area (Å²) in [7, 11) is 1.53. The molecule has 6 heteroatoms. The lowest BCUT2D eigenvalue weighted by Crippen LogP contribution is -2.09. The number of benzene rings is 1. The summed E-state index contributed by atoms with van der Waals surface area (Å²) < 4.78 is 5.99. The maximum atomic E-state index is 11.8. The number of nitrogens with one attached hydrogen (secondary N) is 1. The number of hydrogen-bond donors (Lipinski definition) is 1. The van der Waals surface area contributed by atoms with Crippen LogP contribution in [0.5, 0.6) is 5.75 Å². The van der Waals surface area contributed by atoms with Gasteiger partial charge >= 0.3 is 5.91 Å². The molecule has 0 fully saturated rings. The molecule has 2 aromatic rings. The van der Waals surface area contributed by atoms with E-state index in [0.29, 0.717) is 17.1 Å². The highest BCUT2D eigenvalue weighted by Crippen LogP contribution is 2.27. The van der Waals surface area contributed by atoms with Crippen molar-refractivity contribution in [3.05, 3.63) is 47.0 Å². The Bertz CT molecular complexity index is 678. The van der Waals surface area contributed by atoms with E-state index < -0.39 is 5.91 Å². The molecular weight excluding hydrogens is 322 g/mol. The average molecular weight is 332 g/mol. The van der Waals surface area contributed by atoms with Gasteiger partial charge in [0, 0.05) is 22.8 Å². The standard InChI is InChI=1S/C14H10BrN3O2/c1-20-13-4-2-10(15)8-12(13)18-14(19)5-3-11-9-16-6-7-17-11/h2,4,6-9H,1H3,(H,18,19). The first-order valence-electron chi connectivity index (χ1n) is 5.61. The van der Waals surface area contributed by atoms with Crippen molar-refractivity contribution in [1.29, 1.82) is 0 Å². The summed E-state index contributed by atoms with van der Waals surface area (Å²) in [6.45, 7) is 0. The predicted molar refractivity (Wildman–Crippen MR) is 78.2 cm³/mol. The van der Waals surface area contributed by atoms with E-state index in [2.05, 4.69) is 43.1 Å². The maximum Gasteiger partial charge on any atom is 0.300 e. The van der Waals surface area contributed by atoms with Gasteiger partial charge in [-0.3, -0.25) is 9.78 Å². The third-order valence-electron chi connectivity index (χ3n) is 2.28. The van der Waals surface area contributed by atoms with Crippen LogP contribution >= 0.6 is 15.9 Å². The highest BCUT2D eigenvalue weighted by Gasteiger charge is 2.06. The van der Waals surface area contributed by atoms with Crippen molar-refractivity contribution in [2.45, 2.75) is 0 Å². The number of ether oxygens (including phenoxy) is 1. The van der Waals surface area contributed by atoms with E-state index >= 15 is 0 Å². The quantitative estimate of drug-likeness (QED) is 0.857. The van der Waals surface area contributed by atoms with Crippen LogP contribution < -0.4 is 10.1 Å². The first-order valence-corrected chi connectivity index (χ1v) is 6.41. The summed E-state index contributed by atoms with van der Waals surface area (Å²) in [5.41, 5.74) is 0.976. The van der Waals surface area contributed by atoms with Crippen LogP contribution in [0.3, 0.4) is 0 Å². The number of methoxy groups -OCH3 is 1. The van der Waals surface area contributed by atoms with Gasteiger partial charge in [-0.15, -0.1) is 0 Å². The predicted octanol–water partition coefficient (Wildman–Crippen LogP) is 2.24. The zero-order chi connectivity index (χ0) is 14.4. The Kier molecular flexibility index (Phi) is 4.69. The van der Waals surface area contributed by atoms with Crippen LogP contribution in [0.4, 0.5) is 5.69 Å². The second-order valence-electron chi connectivity index (χ2n) is 3.64. The topological polar surface area (TPSA) is 64.1 Å². The zero-order valence-electron chi connectivity index (χ0n) is 10.6. The summed E-state index contributed by atoms with van der Waals surface area (Å²) >= 11 is 3.33. The molecular formula is C14H10BrN3O2. The minimum atomic E-state index is -0.452. The smallest absolute Gasteiger partial charge is 0.300 e. The summed E-state index contributed by atoms with van der Waals surface area (Å²) in [5.74, 6) is 5.18. The van der Waals surface area contributed by atoms with E-state index in [-0.39, 0.29) is 0 Å². The van der Waals surface area contributed by atoms with E-state index in [0.717, 1.165) is 4.47 Å². The number of carbonyl (C=O) groups is 1. The minimum Gasteiger partial charge on any atom is -0.495 e. The van der Waals surface area contributed by atoms with Crippen molar-refractivity contribution >= 4 is 27.5 Å². The van der Waals surface area contributed by atoms with Gasteiger partial charge in [-0.1, -0.05) is 15.9 Å². The number of carbonyl (C=O) groups excluding carboxylic acids is 1. The van der Waals surface area contributed by atoms with Gasteiger partial charge in [0.05, 0.1) is 19.0 Å². The number of halogens is 1. The van der Waals surface area contributed by atoms with Crippen molar-refractivity contribution in [2.24, 2.45) is 0 Å². The number of rotatable bonds is 2. The molecule has 0 unspecified atom stereocenters. The molecule has 0 atom stereocenters. The largest absolute Gasteiger partial charge is 0.495 e. The fraction of sp³-hybridized carbons (Fsp3) is 0.0714. The molecule has 1 amide bonds. The molecule has 1 N–H and O–H groups in total. The van der Waals surface area contributed by atoms with Crippen LogP contribution in [-0.4, -0.2) is 23.0 Å². The Labute approximate surface area is 124 Å². The highest BCUT2D eigenvalue weighted by molar-refractivity contribution is 9.10. The van der Waals surface area contributed by atoms with E-state index in [1.165, 1.54) is 25.7 Å². The molecule has 20 heavy (non-hydrogen) atoms. The van der Waals surface area contributed by atoms with Gasteiger partial charge in [0.25, 0.3) is 0 Å². The molecule has 0 radical (unpaired) electrons. The van der Waals surface area contributed by atoms with Crippen LogP contribution in [-0.2, 0) is 4.79 Å². The highest BCUT2D eigenvalue weighted by atomic mass is 79.9. The molecule has 0 aliphatic heterocycles. The third-order valence-corrected chi connectivity index (χ3v) is 2.77. The first-order chi connectivity index (χ1) is 9.69. The van der Waals surface area contributed by atoms with Crippen molar-refractivity contribution in [3.63, 3.8) is 0 Å². The van der Waals surface area contributed by atoms with Gasteiger partial charge in [-0.2, -0.15) is 0 Å². The van der Waals surface area contributed by atoms with Crippen molar-refractivity contribution in [3.8, 4) is 17.6 Å². The molecule has 0 saturated heterocycles. The third kappa shape index (κ3) is 3.80. The van der Waals surface area contributed by atoms with Crippen LogP contribution in [0, 0.1) is 11.8 Å². The lowest BCUT2D eigenvalue weighted by molar-refractivity contribution is -0.111. The monoisotopic (exact) mass is 331 g/mol. The fourth-order valence-corrected chi connectivity index (χ4v) is 1.78. The van der Waals surface area contributed by atoms with E-state index in [9.17, 15) is 4.79 Å². The normalized spacial score (nSPS) is 9.30. The SMILES string of the molecule is COc1ccc(Br)cc1NC(=O)C#Cc1cnccn1. The van der Waals surface area contributed by atoms with Crippen LogP contribution in [0.25, 0.3) is 0 Å². The van der Waals surface area contributed by atoms with Gasteiger partial charge in [0.15, 0.2) is 0 Å². The van der Waals surface area contributed by atoms with Gasteiger partial charge in [0.2, 0.25) is 0 Å². The van der Waals surface area contributed by atoms with Gasteiger partial charge in [-0.25, -0.2) is 4.98 Å². The Morgan fingerprint density at radius 3 is 2.95 bits per heavy atom. The Morgan fingerprint density at radius 1 is 1.40 bits per heavy atom. The van der Waals surface area contributed by atoms with Crippen LogP contribution in [0.2, 0.25) is 0 Å². The van der Waals surface area contributed by atoms with Crippen LogP contribution in [0.1, 0.15) is 5.69 Å². The second-order valence-corrected chi connectivity index (χ2v) is 4.56. The number of amides is 1. The molecule has 1 aromatic heterocycles. The number of nitrogens with zero attached hydrogens (tertiary/aromatic N) is 2. The summed E-state index contributed by atoms with van der Waals surface area (Å²) in [6, 6.07) is 5.30. The Morgan fingerprint density at radius 2 is 2.25 bits per heavy atom. The zero-order valence-corrected chi connectivity index (χ0v) is 12.1. The number of anilines is 1. The van der Waals surface area contributed by atoms with E-state index in [4.69, 9.17) is 4.74 Å². The molecule has 0 bridgehead atoms. The van der Waals surface area contributed by atoms with Gasteiger partial charge in [0.1, 0.15) is 11.4 Å². The molecule has 0 aliphatic rings. The van der Waals surface area contributed by atoms with E-state index in [1.54, 1.807) is 12.1 Å². The number of aromatic nitrogens is 2. The summed E-state index contributed by atoms with van der Waals surface area (Å²) in [5, 5.41) is 2.66. The fourth-order valence-electron chi connectivity index (χ4n) is 1.42. The molecule has 1 aromatic carbocycles. The number of hydrogen-bond acceptors (Lipinski definition) is 4. The van der Waals surface area contributed by atoms with Crippen molar-refractivity contribution in [1.82, 2.24) is 9.97 Å². The Balaban J connectivity index is 2.13. The summed E-state index contributed by atoms with van der Waals surface area (Å²) in [6.07, 6.45) is 4.54. The maximum absolute atomic E-state index is 11.8. The lowest BCUT2D eigenvalue weighted by Gasteiger charge is -2.08. The van der Waals surface area contributed by atoms with Gasteiger partial charge < -0.3 is 10.1 Å².